The molecule has 1 N–H and O–H groups in total. The molecule has 1 saturated heterocycles. The summed E-state index contributed by atoms with van der Waals surface area (Å²) < 4.78 is 11.3. The van der Waals surface area contributed by atoms with E-state index in [0.717, 1.165) is 38.5 Å². The van der Waals surface area contributed by atoms with Gasteiger partial charge in [0, 0.05) is 25.5 Å². The molecule has 1 aromatic heterocycles. The van der Waals surface area contributed by atoms with E-state index in [1.54, 1.807) is 19.5 Å². The Hall–Kier alpha value is -1.24. The fourth-order valence-corrected chi connectivity index (χ4v) is 2.55. The molecule has 1 fully saturated rings. The van der Waals surface area contributed by atoms with Crippen LogP contribution in [0.3, 0.4) is 0 Å². The van der Waals surface area contributed by atoms with E-state index in [-0.39, 0.29) is 12.1 Å². The average molecular weight is 280 g/mol. The highest BCUT2D eigenvalue weighted by molar-refractivity contribution is 5.22. The molecule has 0 bridgehead atoms. The van der Waals surface area contributed by atoms with E-state index >= 15 is 0 Å². The second kappa shape index (κ2) is 7.52. The molecule has 1 aliphatic heterocycles. The molecule has 0 spiro atoms. The first kappa shape index (κ1) is 15.2. The van der Waals surface area contributed by atoms with E-state index in [1.807, 2.05) is 0 Å². The van der Waals surface area contributed by atoms with Crippen LogP contribution in [0.4, 0.5) is 0 Å². The van der Waals surface area contributed by atoms with E-state index in [2.05, 4.69) is 34.0 Å². The summed E-state index contributed by atoms with van der Waals surface area (Å²) in [7, 11) is 1.62. The number of morpholine rings is 1. The molecule has 0 amide bonds. The quantitative estimate of drug-likeness (QED) is 0.834. The molecule has 20 heavy (non-hydrogen) atoms. The van der Waals surface area contributed by atoms with Crippen molar-refractivity contribution in [1.82, 2.24) is 20.2 Å². The summed E-state index contributed by atoms with van der Waals surface area (Å²) in [6, 6.07) is -0.00185. The molecule has 1 aliphatic rings. The first-order valence-electron chi connectivity index (χ1n) is 7.22. The Morgan fingerprint density at radius 2 is 2.25 bits per heavy atom. The number of rotatable bonds is 6. The third kappa shape index (κ3) is 3.45. The van der Waals surface area contributed by atoms with E-state index in [9.17, 15) is 0 Å². The zero-order chi connectivity index (χ0) is 14.4. The monoisotopic (exact) mass is 280 g/mol. The SMILES string of the molecule is CCNC(c1nccnc1OC)C1CN(CC)CCO1. The summed E-state index contributed by atoms with van der Waals surface area (Å²) in [6.07, 6.45) is 3.41. The fourth-order valence-electron chi connectivity index (χ4n) is 2.55. The van der Waals surface area contributed by atoms with Gasteiger partial charge in [0.1, 0.15) is 5.69 Å². The van der Waals surface area contributed by atoms with E-state index < -0.39 is 0 Å². The molecule has 2 unspecified atom stereocenters. The average Bonchev–Trinajstić information content (AvgIpc) is 2.52. The standard InChI is InChI=1S/C14H24N4O2/c1-4-15-12(11-10-18(5-2)8-9-20-11)13-14(19-3)17-7-6-16-13/h6-7,11-12,15H,4-5,8-10H2,1-3H3. The van der Waals surface area contributed by atoms with Crippen LogP contribution in [-0.2, 0) is 4.74 Å². The maximum atomic E-state index is 5.95. The fraction of sp³-hybridized carbons (Fsp3) is 0.714. The van der Waals surface area contributed by atoms with Gasteiger partial charge >= 0.3 is 0 Å². The largest absolute Gasteiger partial charge is 0.480 e. The minimum atomic E-state index is -0.00185. The van der Waals surface area contributed by atoms with Crippen LogP contribution in [-0.4, -0.2) is 60.9 Å². The smallest absolute Gasteiger partial charge is 0.237 e. The molecule has 0 radical (unpaired) electrons. The second-order valence-electron chi connectivity index (χ2n) is 4.79. The number of ether oxygens (including phenoxy) is 2. The lowest BCUT2D eigenvalue weighted by Crippen LogP contribution is -2.48. The van der Waals surface area contributed by atoms with Crippen LogP contribution in [0.5, 0.6) is 5.88 Å². The van der Waals surface area contributed by atoms with Gasteiger partial charge in [-0.1, -0.05) is 13.8 Å². The third-order valence-corrected chi connectivity index (χ3v) is 3.60. The molecule has 6 heteroatoms. The summed E-state index contributed by atoms with van der Waals surface area (Å²) in [5.74, 6) is 0.565. The Bertz CT molecular complexity index is 416. The lowest BCUT2D eigenvalue weighted by molar-refractivity contribution is -0.0464. The molecule has 2 atom stereocenters. The number of hydrogen-bond acceptors (Lipinski definition) is 6. The first-order valence-corrected chi connectivity index (χ1v) is 7.22. The van der Waals surface area contributed by atoms with Crippen molar-refractivity contribution in [3.05, 3.63) is 18.1 Å². The zero-order valence-electron chi connectivity index (χ0n) is 12.5. The van der Waals surface area contributed by atoms with Crippen molar-refractivity contribution in [1.29, 1.82) is 0 Å². The Morgan fingerprint density at radius 3 is 2.95 bits per heavy atom. The van der Waals surface area contributed by atoms with Gasteiger partial charge in [-0.3, -0.25) is 9.88 Å². The number of aromatic nitrogens is 2. The Labute approximate surface area is 120 Å². The lowest BCUT2D eigenvalue weighted by atomic mass is 10.1. The van der Waals surface area contributed by atoms with Crippen LogP contribution in [0, 0.1) is 0 Å². The molecule has 1 aromatic rings. The van der Waals surface area contributed by atoms with Crippen LogP contribution in [0.25, 0.3) is 0 Å². The predicted octanol–water partition coefficient (Wildman–Crippen LogP) is 0.857. The highest BCUT2D eigenvalue weighted by Gasteiger charge is 2.31. The predicted molar refractivity (Wildman–Crippen MR) is 76.9 cm³/mol. The maximum Gasteiger partial charge on any atom is 0.237 e. The van der Waals surface area contributed by atoms with Gasteiger partial charge in [-0.05, 0) is 13.1 Å². The van der Waals surface area contributed by atoms with Crippen LogP contribution < -0.4 is 10.1 Å². The summed E-state index contributed by atoms with van der Waals surface area (Å²) in [5, 5.41) is 3.45. The molecule has 2 rings (SSSR count). The molecular weight excluding hydrogens is 256 g/mol. The maximum absolute atomic E-state index is 5.95. The van der Waals surface area contributed by atoms with E-state index in [1.165, 1.54) is 0 Å². The normalized spacial score (nSPS) is 21.6. The van der Waals surface area contributed by atoms with Crippen molar-refractivity contribution < 1.29 is 9.47 Å². The van der Waals surface area contributed by atoms with Gasteiger partial charge in [0.15, 0.2) is 0 Å². The highest BCUT2D eigenvalue weighted by Crippen LogP contribution is 2.26. The highest BCUT2D eigenvalue weighted by atomic mass is 16.5. The minimum Gasteiger partial charge on any atom is -0.480 e. The van der Waals surface area contributed by atoms with Gasteiger partial charge in [0.05, 0.1) is 25.9 Å². The summed E-state index contributed by atoms with van der Waals surface area (Å²) in [5.41, 5.74) is 0.819. The minimum absolute atomic E-state index is 0.00185. The third-order valence-electron chi connectivity index (χ3n) is 3.60. The van der Waals surface area contributed by atoms with Crippen molar-refractivity contribution >= 4 is 0 Å². The van der Waals surface area contributed by atoms with Crippen molar-refractivity contribution in [3.8, 4) is 5.88 Å². The molecular formula is C14H24N4O2. The Kier molecular flexibility index (Phi) is 5.70. The van der Waals surface area contributed by atoms with Gasteiger partial charge in [0.25, 0.3) is 0 Å². The summed E-state index contributed by atoms with van der Waals surface area (Å²) in [6.45, 7) is 8.77. The van der Waals surface area contributed by atoms with Gasteiger partial charge < -0.3 is 14.8 Å². The molecule has 0 aromatic carbocycles. The van der Waals surface area contributed by atoms with Gasteiger partial charge in [-0.25, -0.2) is 4.98 Å². The van der Waals surface area contributed by atoms with Gasteiger partial charge in [-0.2, -0.15) is 0 Å². The second-order valence-corrected chi connectivity index (χ2v) is 4.79. The van der Waals surface area contributed by atoms with Crippen LogP contribution in [0.2, 0.25) is 0 Å². The van der Waals surface area contributed by atoms with Gasteiger partial charge in [0.2, 0.25) is 5.88 Å². The first-order chi connectivity index (χ1) is 9.80. The zero-order valence-corrected chi connectivity index (χ0v) is 12.5. The van der Waals surface area contributed by atoms with Crippen molar-refractivity contribution in [3.63, 3.8) is 0 Å². The van der Waals surface area contributed by atoms with Crippen molar-refractivity contribution in [2.75, 3.05) is 39.9 Å². The number of likely N-dealkylation sites (N-methyl/N-ethyl adjacent to an activating group) is 2. The summed E-state index contributed by atoms with van der Waals surface area (Å²) in [4.78, 5) is 11.1. The molecule has 0 saturated carbocycles. The van der Waals surface area contributed by atoms with Crippen LogP contribution in [0.15, 0.2) is 12.4 Å². The molecule has 6 nitrogen and oxygen atoms in total. The van der Waals surface area contributed by atoms with E-state index in [4.69, 9.17) is 9.47 Å². The number of nitrogens with one attached hydrogen (secondary N) is 1. The summed E-state index contributed by atoms with van der Waals surface area (Å²) >= 11 is 0. The molecule has 0 aliphatic carbocycles. The van der Waals surface area contributed by atoms with Crippen LogP contribution in [0.1, 0.15) is 25.6 Å². The van der Waals surface area contributed by atoms with Gasteiger partial charge in [-0.15, -0.1) is 0 Å². The Morgan fingerprint density at radius 1 is 1.45 bits per heavy atom. The van der Waals surface area contributed by atoms with Crippen molar-refractivity contribution in [2.45, 2.75) is 26.0 Å². The molecule has 112 valence electrons. The Balaban J connectivity index is 2.21. The van der Waals surface area contributed by atoms with Crippen molar-refractivity contribution in [2.24, 2.45) is 0 Å². The number of hydrogen-bond donors (Lipinski definition) is 1. The van der Waals surface area contributed by atoms with Crippen LogP contribution >= 0.6 is 0 Å². The number of methoxy groups -OCH3 is 1. The molecule has 2 heterocycles. The lowest BCUT2D eigenvalue weighted by Gasteiger charge is -2.36. The number of nitrogens with zero attached hydrogens (tertiary/aromatic N) is 3. The topological polar surface area (TPSA) is 59.5 Å². The van der Waals surface area contributed by atoms with E-state index in [0.29, 0.717) is 5.88 Å².